The molecule has 0 bridgehead atoms. The highest BCUT2D eigenvalue weighted by molar-refractivity contribution is 6.00. The van der Waals surface area contributed by atoms with Crippen LogP contribution in [0.15, 0.2) is 60.7 Å². The highest BCUT2D eigenvalue weighted by Gasteiger charge is 2.24. The van der Waals surface area contributed by atoms with Crippen LogP contribution in [0.3, 0.4) is 0 Å². The largest absolute Gasteiger partial charge is 0.393 e. The Balaban J connectivity index is 1.63. The van der Waals surface area contributed by atoms with Gasteiger partial charge in [-0.3, -0.25) is 9.48 Å². The highest BCUT2D eigenvalue weighted by Crippen LogP contribution is 2.26. The van der Waals surface area contributed by atoms with Gasteiger partial charge in [0.1, 0.15) is 6.10 Å². The lowest BCUT2D eigenvalue weighted by atomic mass is 9.99. The first-order valence-electron chi connectivity index (χ1n) is 9.46. The number of rotatable bonds is 4. The third kappa shape index (κ3) is 3.56. The molecule has 6 nitrogen and oxygen atoms in total. The molecule has 0 radical (unpaired) electrons. The maximum absolute atomic E-state index is 13.4. The molecular weight excluding hydrogens is 354 g/mol. The van der Waals surface area contributed by atoms with Gasteiger partial charge in [-0.2, -0.15) is 5.10 Å². The zero-order valence-corrected chi connectivity index (χ0v) is 15.5. The van der Waals surface area contributed by atoms with E-state index in [0.717, 1.165) is 23.2 Å². The van der Waals surface area contributed by atoms with Crippen LogP contribution in [0.4, 0.5) is 0 Å². The normalized spacial score (nSPS) is 15.0. The van der Waals surface area contributed by atoms with Crippen LogP contribution in [0, 0.1) is 0 Å². The Bertz CT molecular complexity index is 968. The molecule has 2 heterocycles. The van der Waals surface area contributed by atoms with Gasteiger partial charge in [-0.15, -0.1) is 0 Å². The molecule has 1 aromatic heterocycles. The van der Waals surface area contributed by atoms with Crippen molar-refractivity contribution in [2.75, 3.05) is 13.2 Å². The summed E-state index contributed by atoms with van der Waals surface area (Å²) >= 11 is 0. The SMILES string of the molecule is O=C(c1ccccc1-c1ccccc1)N1CCCn2nc([C@@H](O)CO)cc2C1. The van der Waals surface area contributed by atoms with Crippen molar-refractivity contribution in [1.29, 1.82) is 0 Å². The second-order valence-electron chi connectivity index (χ2n) is 6.97. The number of aliphatic hydroxyl groups excluding tert-OH is 2. The Labute approximate surface area is 163 Å². The summed E-state index contributed by atoms with van der Waals surface area (Å²) in [6, 6.07) is 19.4. The highest BCUT2D eigenvalue weighted by atomic mass is 16.3. The molecule has 4 rings (SSSR count). The number of carbonyl (C=O) groups is 1. The maximum Gasteiger partial charge on any atom is 0.254 e. The summed E-state index contributed by atoms with van der Waals surface area (Å²) in [4.78, 5) is 15.2. The summed E-state index contributed by atoms with van der Waals surface area (Å²) in [5, 5.41) is 23.4. The second-order valence-corrected chi connectivity index (χ2v) is 6.97. The van der Waals surface area contributed by atoms with Crippen LogP contribution in [0.1, 0.15) is 34.3 Å². The minimum absolute atomic E-state index is 0.0154. The quantitative estimate of drug-likeness (QED) is 0.733. The fourth-order valence-corrected chi connectivity index (χ4v) is 3.62. The fourth-order valence-electron chi connectivity index (χ4n) is 3.62. The van der Waals surface area contributed by atoms with Crippen molar-refractivity contribution >= 4 is 5.91 Å². The predicted octanol–water partition coefficient (Wildman–Crippen LogP) is 2.62. The molecule has 3 aromatic rings. The average Bonchev–Trinajstić information content (AvgIpc) is 3.04. The number of hydrogen-bond donors (Lipinski definition) is 2. The van der Waals surface area contributed by atoms with Gasteiger partial charge in [0, 0.05) is 18.7 Å². The van der Waals surface area contributed by atoms with E-state index in [1.54, 1.807) is 6.07 Å². The van der Waals surface area contributed by atoms with Crippen molar-refractivity contribution in [3.63, 3.8) is 0 Å². The summed E-state index contributed by atoms with van der Waals surface area (Å²) < 4.78 is 1.82. The monoisotopic (exact) mass is 377 g/mol. The summed E-state index contributed by atoms with van der Waals surface area (Å²) in [5.74, 6) is -0.0154. The number of aliphatic hydroxyl groups is 2. The van der Waals surface area contributed by atoms with E-state index in [0.29, 0.717) is 30.9 Å². The van der Waals surface area contributed by atoms with Crippen LogP contribution in [-0.2, 0) is 13.1 Å². The summed E-state index contributed by atoms with van der Waals surface area (Å²) in [6.07, 6.45) is -0.217. The second kappa shape index (κ2) is 7.96. The van der Waals surface area contributed by atoms with Crippen LogP contribution in [0.5, 0.6) is 0 Å². The van der Waals surface area contributed by atoms with Crippen LogP contribution in [0.2, 0.25) is 0 Å². The first kappa shape index (κ1) is 18.4. The Kier molecular flexibility index (Phi) is 5.23. The van der Waals surface area contributed by atoms with Crippen LogP contribution in [0.25, 0.3) is 11.1 Å². The topological polar surface area (TPSA) is 78.6 Å². The van der Waals surface area contributed by atoms with Gasteiger partial charge in [0.05, 0.1) is 24.5 Å². The molecule has 144 valence electrons. The number of aromatic nitrogens is 2. The van der Waals surface area contributed by atoms with Gasteiger partial charge in [-0.05, 0) is 29.7 Å². The van der Waals surface area contributed by atoms with Crippen molar-refractivity contribution in [2.45, 2.75) is 25.6 Å². The molecule has 0 fully saturated rings. The first-order chi connectivity index (χ1) is 13.7. The van der Waals surface area contributed by atoms with E-state index >= 15 is 0 Å². The Hall–Kier alpha value is -2.96. The van der Waals surface area contributed by atoms with E-state index in [2.05, 4.69) is 5.10 Å². The average molecular weight is 377 g/mol. The summed E-state index contributed by atoms with van der Waals surface area (Å²) in [6.45, 7) is 1.37. The fraction of sp³-hybridized carbons (Fsp3) is 0.273. The third-order valence-electron chi connectivity index (χ3n) is 5.08. The van der Waals surface area contributed by atoms with E-state index in [1.807, 2.05) is 64.2 Å². The lowest BCUT2D eigenvalue weighted by Crippen LogP contribution is -2.31. The number of fused-ring (bicyclic) bond motifs is 1. The molecule has 2 N–H and O–H groups in total. The van der Waals surface area contributed by atoms with Gasteiger partial charge in [0.15, 0.2) is 0 Å². The van der Waals surface area contributed by atoms with Gasteiger partial charge >= 0.3 is 0 Å². The van der Waals surface area contributed by atoms with Crippen LogP contribution >= 0.6 is 0 Å². The van der Waals surface area contributed by atoms with Gasteiger partial charge in [-0.25, -0.2) is 0 Å². The molecule has 0 unspecified atom stereocenters. The minimum atomic E-state index is -0.998. The molecular formula is C22H23N3O3. The lowest BCUT2D eigenvalue weighted by molar-refractivity contribution is 0.0746. The number of nitrogens with zero attached hydrogens (tertiary/aromatic N) is 3. The number of hydrogen-bond acceptors (Lipinski definition) is 4. The third-order valence-corrected chi connectivity index (χ3v) is 5.08. The van der Waals surface area contributed by atoms with Gasteiger partial charge < -0.3 is 15.1 Å². The van der Waals surface area contributed by atoms with E-state index in [-0.39, 0.29) is 12.5 Å². The van der Waals surface area contributed by atoms with E-state index < -0.39 is 6.10 Å². The molecule has 2 aromatic carbocycles. The van der Waals surface area contributed by atoms with Crippen molar-refractivity contribution in [1.82, 2.24) is 14.7 Å². The number of benzene rings is 2. The van der Waals surface area contributed by atoms with E-state index in [4.69, 9.17) is 5.11 Å². The molecule has 1 atom stereocenters. The molecule has 0 aliphatic carbocycles. The summed E-state index contributed by atoms with van der Waals surface area (Å²) in [7, 11) is 0. The van der Waals surface area contributed by atoms with Crippen molar-refractivity contribution < 1.29 is 15.0 Å². The first-order valence-corrected chi connectivity index (χ1v) is 9.46. The standard InChI is InChI=1S/C22H23N3O3/c26-15-21(27)20-13-17-14-24(11-6-12-25(17)23-20)22(28)19-10-5-4-9-18(19)16-7-2-1-3-8-16/h1-5,7-10,13,21,26-27H,6,11-12,14-15H2/t21-/m0/s1. The lowest BCUT2D eigenvalue weighted by Gasteiger charge is -2.21. The van der Waals surface area contributed by atoms with Gasteiger partial charge in [0.25, 0.3) is 5.91 Å². The van der Waals surface area contributed by atoms with Crippen molar-refractivity contribution in [3.8, 4) is 11.1 Å². The van der Waals surface area contributed by atoms with E-state index in [1.165, 1.54) is 0 Å². The van der Waals surface area contributed by atoms with Crippen molar-refractivity contribution in [3.05, 3.63) is 77.6 Å². The molecule has 1 aliphatic rings. The number of aryl methyl sites for hydroxylation is 1. The molecule has 0 saturated carbocycles. The maximum atomic E-state index is 13.4. The minimum Gasteiger partial charge on any atom is -0.393 e. The molecule has 0 spiro atoms. The van der Waals surface area contributed by atoms with Crippen LogP contribution < -0.4 is 0 Å². The van der Waals surface area contributed by atoms with E-state index in [9.17, 15) is 9.90 Å². The Morgan fingerprint density at radius 1 is 1.07 bits per heavy atom. The van der Waals surface area contributed by atoms with Crippen molar-refractivity contribution in [2.24, 2.45) is 0 Å². The van der Waals surface area contributed by atoms with Gasteiger partial charge in [0.2, 0.25) is 0 Å². The molecule has 6 heteroatoms. The molecule has 1 aliphatic heterocycles. The molecule has 1 amide bonds. The van der Waals surface area contributed by atoms with Crippen LogP contribution in [-0.4, -0.2) is 44.0 Å². The zero-order valence-electron chi connectivity index (χ0n) is 15.5. The molecule has 0 saturated heterocycles. The molecule has 28 heavy (non-hydrogen) atoms. The number of amides is 1. The number of carbonyl (C=O) groups excluding carboxylic acids is 1. The summed E-state index contributed by atoms with van der Waals surface area (Å²) in [5.41, 5.74) is 3.92. The van der Waals surface area contributed by atoms with Gasteiger partial charge in [-0.1, -0.05) is 48.5 Å². The Morgan fingerprint density at radius 2 is 1.82 bits per heavy atom. The smallest absolute Gasteiger partial charge is 0.254 e. The Morgan fingerprint density at radius 3 is 2.61 bits per heavy atom. The predicted molar refractivity (Wildman–Crippen MR) is 106 cm³/mol. The zero-order chi connectivity index (χ0) is 19.5.